The molecule has 68 valence electrons. The Hall–Kier alpha value is -0.630. The normalized spacial score (nSPS) is 18.3. The van der Waals surface area contributed by atoms with Crippen LogP contribution in [0, 0.1) is 0 Å². The molecule has 0 unspecified atom stereocenters. The van der Waals surface area contributed by atoms with E-state index < -0.39 is 0 Å². The Morgan fingerprint density at radius 2 is 1.83 bits per heavy atom. The average molecular weight is 189 g/mol. The Labute approximate surface area is 77.8 Å². The topological polar surface area (TPSA) is 18.5 Å². The minimum atomic E-state index is 0.683. The number of hydrogen-bond acceptors (Lipinski definition) is 2. The second kappa shape index (κ2) is 3.85. The average Bonchev–Trinajstić information content (AvgIpc) is 2.09. The standard InChI is InChI=1S/C9H13ClO2/c1-6-4-5-7(11-2)9(12-3)8(6)10/h4-5H2,1-3H3. The fourth-order valence-corrected chi connectivity index (χ4v) is 1.52. The first-order valence-corrected chi connectivity index (χ1v) is 4.25. The molecule has 0 aromatic carbocycles. The van der Waals surface area contributed by atoms with Gasteiger partial charge in [-0.25, -0.2) is 0 Å². The smallest absolute Gasteiger partial charge is 0.174 e. The highest BCUT2D eigenvalue weighted by atomic mass is 35.5. The van der Waals surface area contributed by atoms with Crippen LogP contribution in [-0.2, 0) is 9.47 Å². The van der Waals surface area contributed by atoms with Gasteiger partial charge in [0.1, 0.15) is 5.76 Å². The molecule has 0 saturated heterocycles. The van der Waals surface area contributed by atoms with Gasteiger partial charge < -0.3 is 9.47 Å². The van der Waals surface area contributed by atoms with Gasteiger partial charge in [-0.15, -0.1) is 0 Å². The van der Waals surface area contributed by atoms with E-state index in [-0.39, 0.29) is 0 Å². The van der Waals surface area contributed by atoms with Gasteiger partial charge in [0.05, 0.1) is 19.3 Å². The molecule has 0 atom stereocenters. The largest absolute Gasteiger partial charge is 0.497 e. The van der Waals surface area contributed by atoms with Crippen molar-refractivity contribution in [3.8, 4) is 0 Å². The van der Waals surface area contributed by atoms with Crippen LogP contribution < -0.4 is 0 Å². The predicted molar refractivity (Wildman–Crippen MR) is 48.8 cm³/mol. The van der Waals surface area contributed by atoms with Crippen molar-refractivity contribution < 1.29 is 9.47 Å². The lowest BCUT2D eigenvalue weighted by atomic mass is 10.0. The van der Waals surface area contributed by atoms with E-state index in [2.05, 4.69) is 0 Å². The SMILES string of the molecule is COC1=C(OC)C(Cl)=C(C)CC1. The van der Waals surface area contributed by atoms with E-state index in [0.717, 1.165) is 24.2 Å². The maximum atomic E-state index is 6.02. The third kappa shape index (κ3) is 1.58. The zero-order valence-electron chi connectivity index (χ0n) is 7.61. The van der Waals surface area contributed by atoms with Crippen molar-refractivity contribution in [1.82, 2.24) is 0 Å². The third-order valence-electron chi connectivity index (χ3n) is 2.00. The molecule has 1 rings (SSSR count). The molecule has 0 saturated carbocycles. The first kappa shape index (κ1) is 9.46. The summed E-state index contributed by atoms with van der Waals surface area (Å²) in [5.74, 6) is 1.52. The number of halogens is 1. The molecule has 0 spiro atoms. The fourth-order valence-electron chi connectivity index (χ4n) is 1.24. The molecule has 1 aliphatic carbocycles. The summed E-state index contributed by atoms with van der Waals surface area (Å²) in [5.41, 5.74) is 1.16. The maximum absolute atomic E-state index is 6.02. The van der Waals surface area contributed by atoms with Crippen LogP contribution in [0.4, 0.5) is 0 Å². The molecule has 0 aromatic heterocycles. The molecule has 0 aliphatic heterocycles. The molecule has 0 fully saturated rings. The van der Waals surface area contributed by atoms with Crippen LogP contribution >= 0.6 is 11.6 Å². The van der Waals surface area contributed by atoms with Gasteiger partial charge in [-0.05, 0) is 13.3 Å². The second-order valence-electron chi connectivity index (χ2n) is 2.75. The lowest BCUT2D eigenvalue weighted by Crippen LogP contribution is -2.04. The highest BCUT2D eigenvalue weighted by Crippen LogP contribution is 2.32. The van der Waals surface area contributed by atoms with Gasteiger partial charge in [0.2, 0.25) is 0 Å². The van der Waals surface area contributed by atoms with E-state index in [1.807, 2.05) is 6.92 Å². The highest BCUT2D eigenvalue weighted by Gasteiger charge is 2.19. The van der Waals surface area contributed by atoms with Crippen LogP contribution in [0.2, 0.25) is 0 Å². The van der Waals surface area contributed by atoms with E-state index in [4.69, 9.17) is 21.1 Å². The first-order valence-electron chi connectivity index (χ1n) is 3.87. The van der Waals surface area contributed by atoms with Crippen molar-refractivity contribution in [2.45, 2.75) is 19.8 Å². The summed E-state index contributed by atoms with van der Waals surface area (Å²) in [6.07, 6.45) is 1.83. The molecule has 0 radical (unpaired) electrons. The summed E-state index contributed by atoms with van der Waals surface area (Å²) >= 11 is 6.02. The molecule has 0 aromatic rings. The van der Waals surface area contributed by atoms with Crippen LogP contribution in [0.5, 0.6) is 0 Å². The Balaban J connectivity index is 3.01. The lowest BCUT2D eigenvalue weighted by Gasteiger charge is -2.19. The van der Waals surface area contributed by atoms with Gasteiger partial charge in [0.15, 0.2) is 5.76 Å². The quantitative estimate of drug-likeness (QED) is 0.664. The molecule has 0 bridgehead atoms. The van der Waals surface area contributed by atoms with Crippen LogP contribution in [0.15, 0.2) is 22.1 Å². The summed E-state index contributed by atoms with van der Waals surface area (Å²) in [5, 5.41) is 0.695. The van der Waals surface area contributed by atoms with Crippen LogP contribution in [-0.4, -0.2) is 14.2 Å². The van der Waals surface area contributed by atoms with Crippen molar-refractivity contribution in [3.05, 3.63) is 22.1 Å². The van der Waals surface area contributed by atoms with E-state index in [1.54, 1.807) is 14.2 Å². The van der Waals surface area contributed by atoms with Gasteiger partial charge in [0.25, 0.3) is 0 Å². The van der Waals surface area contributed by atoms with Crippen LogP contribution in [0.25, 0.3) is 0 Å². The Kier molecular flexibility index (Phi) is 3.04. The minimum absolute atomic E-state index is 0.683. The molecule has 2 nitrogen and oxygen atoms in total. The number of allylic oxidation sites excluding steroid dienone is 3. The summed E-state index contributed by atoms with van der Waals surface area (Å²) in [6.45, 7) is 2.01. The molecular formula is C9H13ClO2. The molecule has 0 N–H and O–H groups in total. The van der Waals surface area contributed by atoms with Crippen molar-refractivity contribution in [2.75, 3.05) is 14.2 Å². The van der Waals surface area contributed by atoms with E-state index in [0.29, 0.717) is 10.8 Å². The van der Waals surface area contributed by atoms with Gasteiger partial charge in [-0.1, -0.05) is 17.2 Å². The lowest BCUT2D eigenvalue weighted by molar-refractivity contribution is 0.216. The Bertz CT molecular complexity index is 241. The summed E-state index contributed by atoms with van der Waals surface area (Å²) in [4.78, 5) is 0. The number of rotatable bonds is 2. The van der Waals surface area contributed by atoms with E-state index in [9.17, 15) is 0 Å². The Morgan fingerprint density at radius 1 is 1.17 bits per heavy atom. The van der Waals surface area contributed by atoms with E-state index in [1.165, 1.54) is 0 Å². The molecule has 0 amide bonds. The Morgan fingerprint density at radius 3 is 2.33 bits per heavy atom. The molecule has 0 heterocycles. The maximum Gasteiger partial charge on any atom is 0.174 e. The number of methoxy groups -OCH3 is 2. The molecule has 3 heteroatoms. The number of ether oxygens (including phenoxy) is 2. The molecule has 1 aliphatic rings. The summed E-state index contributed by atoms with van der Waals surface area (Å²) in [6, 6.07) is 0. The van der Waals surface area contributed by atoms with Crippen molar-refractivity contribution in [1.29, 1.82) is 0 Å². The summed E-state index contributed by atoms with van der Waals surface area (Å²) < 4.78 is 10.3. The predicted octanol–water partition coefficient (Wildman–Crippen LogP) is 2.80. The van der Waals surface area contributed by atoms with Crippen molar-refractivity contribution in [3.63, 3.8) is 0 Å². The van der Waals surface area contributed by atoms with Gasteiger partial charge in [0, 0.05) is 6.42 Å². The monoisotopic (exact) mass is 188 g/mol. The second-order valence-corrected chi connectivity index (χ2v) is 3.13. The molecule has 12 heavy (non-hydrogen) atoms. The highest BCUT2D eigenvalue weighted by molar-refractivity contribution is 6.32. The fraction of sp³-hybridized carbons (Fsp3) is 0.556. The zero-order chi connectivity index (χ0) is 9.14. The number of hydrogen-bond donors (Lipinski definition) is 0. The summed E-state index contributed by atoms with van der Waals surface area (Å²) in [7, 11) is 3.24. The van der Waals surface area contributed by atoms with Gasteiger partial charge in [-0.3, -0.25) is 0 Å². The van der Waals surface area contributed by atoms with E-state index >= 15 is 0 Å². The van der Waals surface area contributed by atoms with Crippen LogP contribution in [0.3, 0.4) is 0 Å². The molecular weight excluding hydrogens is 176 g/mol. The van der Waals surface area contributed by atoms with Gasteiger partial charge >= 0.3 is 0 Å². The zero-order valence-corrected chi connectivity index (χ0v) is 8.36. The van der Waals surface area contributed by atoms with Crippen molar-refractivity contribution in [2.24, 2.45) is 0 Å². The first-order chi connectivity index (χ1) is 5.70. The minimum Gasteiger partial charge on any atom is -0.497 e. The van der Waals surface area contributed by atoms with Crippen molar-refractivity contribution >= 4 is 11.6 Å². The van der Waals surface area contributed by atoms with Gasteiger partial charge in [-0.2, -0.15) is 0 Å². The van der Waals surface area contributed by atoms with Crippen LogP contribution in [0.1, 0.15) is 19.8 Å². The third-order valence-corrected chi connectivity index (χ3v) is 2.50.